The molecule has 2 aliphatic heterocycles. The summed E-state index contributed by atoms with van der Waals surface area (Å²) in [6.45, 7) is 0.729. The summed E-state index contributed by atoms with van der Waals surface area (Å²) >= 11 is 6.13. The molecule has 0 amide bonds. The van der Waals surface area contributed by atoms with E-state index in [0.717, 1.165) is 29.8 Å². The second-order valence-electron chi connectivity index (χ2n) is 6.02. The number of hydrogen-bond acceptors (Lipinski definition) is 3. The number of fused-ring (bicyclic) bond motifs is 3. The van der Waals surface area contributed by atoms with Gasteiger partial charge in [-0.2, -0.15) is 0 Å². The fraction of sp³-hybridized carbons (Fsp3) is 0.278. The lowest BCUT2D eigenvalue weighted by Gasteiger charge is -2.36. The van der Waals surface area contributed by atoms with Crippen LogP contribution < -0.4 is 5.32 Å². The van der Waals surface area contributed by atoms with Gasteiger partial charge in [0.15, 0.2) is 0 Å². The van der Waals surface area contributed by atoms with Crippen LogP contribution in [-0.4, -0.2) is 17.7 Å². The van der Waals surface area contributed by atoms with E-state index in [9.17, 15) is 4.79 Å². The quantitative estimate of drug-likeness (QED) is 0.863. The third kappa shape index (κ3) is 2.48. The van der Waals surface area contributed by atoms with Crippen LogP contribution in [0.3, 0.4) is 0 Å². The van der Waals surface area contributed by atoms with Crippen LogP contribution in [0.15, 0.2) is 42.5 Å². The SMILES string of the molecule is O=C(O)c1ccc([C@@H]2Nc3ccc(Cl)cc3[C@@H]3OCC[C@@H]23)cc1. The third-order valence-corrected chi connectivity index (χ3v) is 4.95. The predicted octanol–water partition coefficient (Wildman–Crippen LogP) is 4.28. The molecule has 118 valence electrons. The first-order valence-electron chi connectivity index (χ1n) is 7.64. The molecule has 4 nitrogen and oxygen atoms in total. The van der Waals surface area contributed by atoms with Crippen molar-refractivity contribution < 1.29 is 14.6 Å². The maximum atomic E-state index is 11.0. The lowest BCUT2D eigenvalue weighted by molar-refractivity contribution is 0.0696. The predicted molar refractivity (Wildman–Crippen MR) is 88.0 cm³/mol. The molecule has 0 bridgehead atoms. The fourth-order valence-corrected chi connectivity index (χ4v) is 3.79. The molecule has 0 radical (unpaired) electrons. The standard InChI is InChI=1S/C18H16ClNO3/c19-12-5-6-15-14(9-12)17-13(7-8-23-17)16(20-15)10-1-3-11(4-2-10)18(21)22/h1-6,9,13,16-17,20H,7-8H2,(H,21,22)/t13-,16-,17+/m0/s1. The number of nitrogens with one attached hydrogen (secondary N) is 1. The van der Waals surface area contributed by atoms with Gasteiger partial charge in [0.1, 0.15) is 0 Å². The summed E-state index contributed by atoms with van der Waals surface area (Å²) in [5.41, 5.74) is 3.52. The molecule has 3 atom stereocenters. The molecule has 0 aliphatic carbocycles. The molecule has 2 heterocycles. The van der Waals surface area contributed by atoms with Crippen molar-refractivity contribution in [1.82, 2.24) is 0 Å². The van der Waals surface area contributed by atoms with E-state index in [4.69, 9.17) is 21.4 Å². The van der Waals surface area contributed by atoms with Crippen LogP contribution in [0, 0.1) is 5.92 Å². The Labute approximate surface area is 139 Å². The van der Waals surface area contributed by atoms with E-state index < -0.39 is 5.97 Å². The highest BCUT2D eigenvalue weighted by molar-refractivity contribution is 6.30. The first-order chi connectivity index (χ1) is 11.1. The second-order valence-corrected chi connectivity index (χ2v) is 6.46. The van der Waals surface area contributed by atoms with Gasteiger partial charge >= 0.3 is 5.97 Å². The van der Waals surface area contributed by atoms with Gasteiger partial charge in [0.05, 0.1) is 17.7 Å². The molecule has 1 saturated heterocycles. The minimum atomic E-state index is -0.907. The summed E-state index contributed by atoms with van der Waals surface area (Å²) < 4.78 is 5.96. The number of ether oxygens (including phenoxy) is 1. The van der Waals surface area contributed by atoms with E-state index in [1.54, 1.807) is 12.1 Å². The number of aromatic carboxylic acids is 1. The van der Waals surface area contributed by atoms with Crippen LogP contribution in [-0.2, 0) is 4.74 Å². The summed E-state index contributed by atoms with van der Waals surface area (Å²) in [5.74, 6) is -0.591. The van der Waals surface area contributed by atoms with Crippen LogP contribution in [0.1, 0.15) is 40.1 Å². The fourth-order valence-electron chi connectivity index (χ4n) is 3.61. The Hall–Kier alpha value is -2.04. The summed E-state index contributed by atoms with van der Waals surface area (Å²) in [7, 11) is 0. The molecule has 0 saturated carbocycles. The van der Waals surface area contributed by atoms with Gasteiger partial charge < -0.3 is 15.2 Å². The smallest absolute Gasteiger partial charge is 0.335 e. The van der Waals surface area contributed by atoms with Crippen molar-refractivity contribution in [2.45, 2.75) is 18.6 Å². The van der Waals surface area contributed by atoms with Crippen molar-refractivity contribution in [1.29, 1.82) is 0 Å². The van der Waals surface area contributed by atoms with Gasteiger partial charge in [0.2, 0.25) is 0 Å². The van der Waals surface area contributed by atoms with Gasteiger partial charge in [-0.1, -0.05) is 23.7 Å². The highest BCUT2D eigenvalue weighted by Crippen LogP contribution is 2.50. The molecule has 2 aromatic rings. The zero-order valence-electron chi connectivity index (χ0n) is 12.3. The van der Waals surface area contributed by atoms with Gasteiger partial charge in [-0.25, -0.2) is 4.79 Å². The highest BCUT2D eigenvalue weighted by Gasteiger charge is 2.41. The number of carboxylic acid groups (broad SMARTS) is 1. The molecule has 23 heavy (non-hydrogen) atoms. The largest absolute Gasteiger partial charge is 0.478 e. The summed E-state index contributed by atoms with van der Waals surface area (Å²) in [5, 5.41) is 13.3. The van der Waals surface area contributed by atoms with Crippen LogP contribution in [0.2, 0.25) is 5.02 Å². The molecule has 2 aromatic carbocycles. The average Bonchev–Trinajstić information content (AvgIpc) is 3.04. The Morgan fingerprint density at radius 3 is 2.74 bits per heavy atom. The molecule has 1 fully saturated rings. The minimum Gasteiger partial charge on any atom is -0.478 e. The normalized spacial score (nSPS) is 25.3. The average molecular weight is 330 g/mol. The number of carboxylic acids is 1. The number of halogens is 1. The zero-order valence-corrected chi connectivity index (χ0v) is 13.1. The molecule has 2 aliphatic rings. The van der Waals surface area contributed by atoms with E-state index in [1.807, 2.05) is 30.3 Å². The highest BCUT2D eigenvalue weighted by atomic mass is 35.5. The molecule has 4 rings (SSSR count). The first-order valence-corrected chi connectivity index (χ1v) is 8.02. The summed E-state index contributed by atoms with van der Waals surface area (Å²) in [4.78, 5) is 11.0. The van der Waals surface area contributed by atoms with Crippen molar-refractivity contribution in [3.63, 3.8) is 0 Å². The van der Waals surface area contributed by atoms with Crippen molar-refractivity contribution in [3.05, 3.63) is 64.2 Å². The first kappa shape index (κ1) is 14.5. The van der Waals surface area contributed by atoms with E-state index >= 15 is 0 Å². The number of rotatable bonds is 2. The van der Waals surface area contributed by atoms with E-state index in [1.165, 1.54) is 0 Å². The van der Waals surface area contributed by atoms with Crippen LogP contribution in [0.25, 0.3) is 0 Å². The van der Waals surface area contributed by atoms with Crippen molar-refractivity contribution in [2.24, 2.45) is 5.92 Å². The van der Waals surface area contributed by atoms with Crippen LogP contribution >= 0.6 is 11.6 Å². The Balaban J connectivity index is 1.72. The Morgan fingerprint density at radius 2 is 2.00 bits per heavy atom. The van der Waals surface area contributed by atoms with Gasteiger partial charge in [-0.15, -0.1) is 0 Å². The molecule has 5 heteroatoms. The Bertz CT molecular complexity index is 759. The molecular formula is C18H16ClNO3. The summed E-state index contributed by atoms with van der Waals surface area (Å²) in [6, 6.07) is 13.0. The topological polar surface area (TPSA) is 58.6 Å². The van der Waals surface area contributed by atoms with Gasteiger partial charge in [0, 0.05) is 28.8 Å². The number of benzene rings is 2. The lowest BCUT2D eigenvalue weighted by Crippen LogP contribution is -2.29. The molecule has 0 aromatic heterocycles. The molecule has 0 spiro atoms. The summed E-state index contributed by atoms with van der Waals surface area (Å²) in [6.07, 6.45) is 1.00. The van der Waals surface area contributed by atoms with Gasteiger partial charge in [-0.3, -0.25) is 0 Å². The van der Waals surface area contributed by atoms with E-state index in [0.29, 0.717) is 16.5 Å². The second kappa shape index (κ2) is 5.55. The number of hydrogen-bond donors (Lipinski definition) is 2. The molecule has 2 N–H and O–H groups in total. The van der Waals surface area contributed by atoms with Crippen molar-refractivity contribution in [3.8, 4) is 0 Å². The number of carbonyl (C=O) groups is 1. The van der Waals surface area contributed by atoms with Crippen molar-refractivity contribution in [2.75, 3.05) is 11.9 Å². The third-order valence-electron chi connectivity index (χ3n) is 4.71. The van der Waals surface area contributed by atoms with E-state index in [2.05, 4.69) is 5.32 Å². The Kier molecular flexibility index (Phi) is 3.51. The van der Waals surface area contributed by atoms with Gasteiger partial charge in [-0.05, 0) is 42.3 Å². The number of anilines is 1. The van der Waals surface area contributed by atoms with E-state index in [-0.39, 0.29) is 12.1 Å². The molecule has 0 unspecified atom stereocenters. The maximum absolute atomic E-state index is 11.0. The van der Waals surface area contributed by atoms with Crippen molar-refractivity contribution >= 4 is 23.3 Å². The minimum absolute atomic E-state index is 0.0362. The molecular weight excluding hydrogens is 314 g/mol. The Morgan fingerprint density at radius 1 is 1.22 bits per heavy atom. The van der Waals surface area contributed by atoms with Crippen LogP contribution in [0.5, 0.6) is 0 Å². The van der Waals surface area contributed by atoms with Gasteiger partial charge in [0.25, 0.3) is 0 Å². The monoisotopic (exact) mass is 329 g/mol. The maximum Gasteiger partial charge on any atom is 0.335 e. The zero-order chi connectivity index (χ0) is 16.0. The lowest BCUT2D eigenvalue weighted by atomic mass is 9.81. The van der Waals surface area contributed by atoms with Crippen LogP contribution in [0.4, 0.5) is 5.69 Å².